The third-order valence-corrected chi connectivity index (χ3v) is 4.21. The zero-order valence-corrected chi connectivity index (χ0v) is 14.7. The Kier molecular flexibility index (Phi) is 6.02. The van der Waals surface area contributed by atoms with Gasteiger partial charge < -0.3 is 20.7 Å². The summed E-state index contributed by atoms with van der Waals surface area (Å²) in [6.45, 7) is 1.66. The van der Waals surface area contributed by atoms with Gasteiger partial charge in [-0.2, -0.15) is 0 Å². The molecule has 0 saturated carbocycles. The minimum Gasteiger partial charge on any atom is -0.744 e. The molecule has 2 aromatic rings. The van der Waals surface area contributed by atoms with E-state index in [9.17, 15) is 17.8 Å². The number of halogens is 1. The molecule has 132 valence electrons. The van der Waals surface area contributed by atoms with Crippen LogP contribution in [0.5, 0.6) is 0 Å². The first kappa shape index (κ1) is 18.8. The van der Waals surface area contributed by atoms with Crippen LogP contribution in [-0.2, 0) is 14.9 Å². The number of allylic oxidation sites excluding steroid dienone is 1. The van der Waals surface area contributed by atoms with E-state index in [4.69, 9.17) is 11.6 Å². The molecule has 0 aliphatic heterocycles. The summed E-state index contributed by atoms with van der Waals surface area (Å²) < 4.78 is 32.6. The van der Waals surface area contributed by atoms with Gasteiger partial charge in [0.2, 0.25) is 5.91 Å². The van der Waals surface area contributed by atoms with Crippen LogP contribution in [0.2, 0.25) is 5.02 Å². The molecule has 0 spiro atoms. The molecule has 0 bridgehead atoms. The third-order valence-electron chi connectivity index (χ3n) is 3.03. The Morgan fingerprint density at radius 1 is 1.12 bits per heavy atom. The van der Waals surface area contributed by atoms with Crippen LogP contribution >= 0.6 is 11.6 Å². The number of carbonyl (C=O) groups is 1. The molecule has 25 heavy (non-hydrogen) atoms. The second-order valence-electron chi connectivity index (χ2n) is 5.02. The monoisotopic (exact) mass is 380 g/mol. The Hall–Kier alpha value is -2.55. The lowest BCUT2D eigenvalue weighted by Gasteiger charge is -2.12. The van der Waals surface area contributed by atoms with Crippen LogP contribution in [0.4, 0.5) is 11.4 Å². The number of para-hydroxylation sites is 1. The van der Waals surface area contributed by atoms with Crippen molar-refractivity contribution in [3.05, 3.63) is 65.3 Å². The summed E-state index contributed by atoms with van der Waals surface area (Å²) in [4.78, 5) is 11.6. The fraction of sp³-hybridized carbons (Fsp3) is 0.0625. The summed E-state index contributed by atoms with van der Waals surface area (Å²) in [6.07, 6.45) is 1.33. The van der Waals surface area contributed by atoms with Crippen molar-refractivity contribution in [2.75, 3.05) is 10.7 Å². The van der Waals surface area contributed by atoms with Gasteiger partial charge in [0.15, 0.2) is 0 Å². The zero-order valence-electron chi connectivity index (χ0n) is 13.1. The van der Waals surface area contributed by atoms with Gasteiger partial charge in [-0.15, -0.1) is 0 Å². The Bertz CT molecular complexity index is 896. The fourth-order valence-corrected chi connectivity index (χ4v) is 2.49. The molecule has 2 rings (SSSR count). The predicted molar refractivity (Wildman–Crippen MR) is 95.0 cm³/mol. The molecule has 2 aromatic carbocycles. The molecule has 0 saturated heterocycles. The van der Waals surface area contributed by atoms with E-state index in [0.29, 0.717) is 22.1 Å². The molecular formula is C16H15ClN3O4S-. The predicted octanol–water partition coefficient (Wildman–Crippen LogP) is 2.70. The highest BCUT2D eigenvalue weighted by Crippen LogP contribution is 2.20. The van der Waals surface area contributed by atoms with Crippen molar-refractivity contribution in [1.82, 2.24) is 5.43 Å². The van der Waals surface area contributed by atoms with E-state index in [1.54, 1.807) is 31.2 Å². The van der Waals surface area contributed by atoms with E-state index in [1.165, 1.54) is 30.3 Å². The Balaban J connectivity index is 1.93. The van der Waals surface area contributed by atoms with Crippen molar-refractivity contribution in [3.63, 3.8) is 0 Å². The third kappa shape index (κ3) is 5.79. The Morgan fingerprint density at radius 3 is 2.36 bits per heavy atom. The SMILES string of the molecule is C/C(=C\C(=O)Nc1ccccc1Cl)NNc1ccc(S(=O)(=O)[O-])cc1. The smallest absolute Gasteiger partial charge is 0.250 e. The quantitative estimate of drug-likeness (QED) is 0.403. The van der Waals surface area contributed by atoms with Crippen LogP contribution < -0.4 is 16.2 Å². The van der Waals surface area contributed by atoms with Crippen LogP contribution in [0.1, 0.15) is 6.92 Å². The van der Waals surface area contributed by atoms with Gasteiger partial charge in [0, 0.05) is 11.8 Å². The first-order valence-corrected chi connectivity index (χ1v) is 8.86. The second kappa shape index (κ2) is 8.02. The zero-order chi connectivity index (χ0) is 18.4. The maximum absolute atomic E-state index is 11.9. The molecule has 7 nitrogen and oxygen atoms in total. The molecule has 3 N–H and O–H groups in total. The average molecular weight is 381 g/mol. The van der Waals surface area contributed by atoms with E-state index >= 15 is 0 Å². The molecule has 0 unspecified atom stereocenters. The summed E-state index contributed by atoms with van der Waals surface area (Å²) >= 11 is 5.96. The molecular weight excluding hydrogens is 366 g/mol. The molecule has 0 radical (unpaired) electrons. The minimum absolute atomic E-state index is 0.315. The molecule has 0 fully saturated rings. The van der Waals surface area contributed by atoms with E-state index < -0.39 is 10.1 Å². The van der Waals surface area contributed by atoms with Gasteiger partial charge in [0.05, 0.1) is 21.3 Å². The molecule has 0 aromatic heterocycles. The number of carbonyl (C=O) groups excluding carboxylic acids is 1. The first-order valence-electron chi connectivity index (χ1n) is 7.07. The maximum atomic E-state index is 11.9. The lowest BCUT2D eigenvalue weighted by atomic mass is 10.3. The second-order valence-corrected chi connectivity index (χ2v) is 6.81. The van der Waals surface area contributed by atoms with E-state index in [0.717, 1.165) is 0 Å². The number of anilines is 2. The van der Waals surface area contributed by atoms with Crippen LogP contribution in [0.3, 0.4) is 0 Å². The van der Waals surface area contributed by atoms with Crippen molar-refractivity contribution in [2.24, 2.45) is 0 Å². The molecule has 0 heterocycles. The average Bonchev–Trinajstić information content (AvgIpc) is 2.54. The summed E-state index contributed by atoms with van der Waals surface area (Å²) in [6, 6.07) is 12.1. The van der Waals surface area contributed by atoms with Crippen LogP contribution in [0.25, 0.3) is 0 Å². The molecule has 0 aliphatic carbocycles. The van der Waals surface area contributed by atoms with Crippen molar-refractivity contribution in [2.45, 2.75) is 11.8 Å². The highest BCUT2D eigenvalue weighted by atomic mass is 35.5. The van der Waals surface area contributed by atoms with Crippen LogP contribution in [-0.4, -0.2) is 18.9 Å². The number of rotatable bonds is 6. The Morgan fingerprint density at radius 2 is 1.76 bits per heavy atom. The summed E-state index contributed by atoms with van der Waals surface area (Å²) in [5.41, 5.74) is 7.09. The topological polar surface area (TPSA) is 110 Å². The van der Waals surface area contributed by atoms with Gasteiger partial charge in [-0.3, -0.25) is 4.79 Å². The van der Waals surface area contributed by atoms with Gasteiger partial charge >= 0.3 is 0 Å². The van der Waals surface area contributed by atoms with Crippen LogP contribution in [0.15, 0.2) is 65.2 Å². The largest absolute Gasteiger partial charge is 0.744 e. The lowest BCUT2D eigenvalue weighted by molar-refractivity contribution is -0.112. The van der Waals surface area contributed by atoms with Crippen molar-refractivity contribution < 1.29 is 17.8 Å². The van der Waals surface area contributed by atoms with Crippen molar-refractivity contribution in [1.29, 1.82) is 0 Å². The summed E-state index contributed by atoms with van der Waals surface area (Å²) in [7, 11) is -4.47. The minimum atomic E-state index is -4.47. The van der Waals surface area contributed by atoms with Gasteiger partial charge in [0.25, 0.3) is 0 Å². The summed E-state index contributed by atoms with van der Waals surface area (Å²) in [5.74, 6) is -0.368. The van der Waals surface area contributed by atoms with Crippen LogP contribution in [0, 0.1) is 0 Å². The standard InChI is InChI=1S/C16H16ClN3O4S/c1-11(10-16(21)18-15-5-3-2-4-14(15)17)19-20-12-6-8-13(9-7-12)25(22,23)24/h2-10,19-20H,1H3,(H,18,21)(H,22,23,24)/p-1/b11-10+. The number of benzene rings is 2. The van der Waals surface area contributed by atoms with Gasteiger partial charge in [0.1, 0.15) is 10.1 Å². The highest BCUT2D eigenvalue weighted by Gasteiger charge is 2.04. The van der Waals surface area contributed by atoms with E-state index in [-0.39, 0.29) is 10.8 Å². The first-order chi connectivity index (χ1) is 11.8. The van der Waals surface area contributed by atoms with Crippen molar-refractivity contribution >= 4 is 39.0 Å². The Labute approximate surface area is 150 Å². The number of nitrogens with one attached hydrogen (secondary N) is 3. The number of hydrogen-bond donors (Lipinski definition) is 3. The van der Waals surface area contributed by atoms with E-state index in [1.807, 2.05) is 0 Å². The van der Waals surface area contributed by atoms with Gasteiger partial charge in [-0.1, -0.05) is 23.7 Å². The number of hydrazine groups is 1. The molecule has 0 atom stereocenters. The highest BCUT2D eigenvalue weighted by molar-refractivity contribution is 7.85. The number of hydrogen-bond acceptors (Lipinski definition) is 6. The lowest BCUT2D eigenvalue weighted by Crippen LogP contribution is -2.21. The molecule has 9 heteroatoms. The van der Waals surface area contributed by atoms with E-state index in [2.05, 4.69) is 16.2 Å². The van der Waals surface area contributed by atoms with Gasteiger partial charge in [-0.25, -0.2) is 8.42 Å². The van der Waals surface area contributed by atoms with Crippen molar-refractivity contribution in [3.8, 4) is 0 Å². The number of amides is 1. The van der Waals surface area contributed by atoms with Gasteiger partial charge in [-0.05, 0) is 43.3 Å². The normalized spacial score (nSPS) is 11.7. The molecule has 1 amide bonds. The summed E-state index contributed by atoms with van der Waals surface area (Å²) in [5, 5.41) is 3.08. The fourth-order valence-electron chi connectivity index (χ4n) is 1.84. The molecule has 0 aliphatic rings. The maximum Gasteiger partial charge on any atom is 0.250 e.